The zero-order valence-corrected chi connectivity index (χ0v) is 19.8. The van der Waals surface area contributed by atoms with Gasteiger partial charge in [0.05, 0.1) is 6.04 Å². The second kappa shape index (κ2) is 10.9. The van der Waals surface area contributed by atoms with E-state index >= 15 is 0 Å². The lowest BCUT2D eigenvalue weighted by Crippen LogP contribution is -2.52. The molecule has 0 spiro atoms. The Morgan fingerprint density at radius 2 is 1.70 bits per heavy atom. The molecule has 0 saturated carbocycles. The number of fused-ring (bicyclic) bond motifs is 1. The molecular weight excluding hydrogens is 412 g/mol. The topological polar surface area (TPSA) is 58.6 Å². The first-order valence-corrected chi connectivity index (χ1v) is 12.6. The number of hydrogen-bond donors (Lipinski definition) is 1. The second-order valence-corrected chi connectivity index (χ2v) is 9.34. The molecule has 2 amide bonds. The fourth-order valence-corrected chi connectivity index (χ4v) is 5.35. The Balaban J connectivity index is 1.54. The number of rotatable bonds is 7. The maximum atomic E-state index is 13.8. The molecule has 2 aromatic rings. The van der Waals surface area contributed by atoms with Gasteiger partial charge in [-0.15, -0.1) is 0 Å². The monoisotopic (exact) mass is 448 g/mol. The third kappa shape index (κ3) is 5.40. The Morgan fingerprint density at radius 3 is 2.45 bits per heavy atom. The molecule has 2 aliphatic rings. The molecule has 3 atom stereocenters. The van der Waals surface area contributed by atoms with Crippen LogP contribution in [0.15, 0.2) is 54.6 Å². The Bertz CT molecular complexity index is 941. The van der Waals surface area contributed by atoms with Gasteiger partial charge in [-0.25, -0.2) is 0 Å². The van der Waals surface area contributed by atoms with Crippen LogP contribution < -0.4 is 10.1 Å². The minimum absolute atomic E-state index is 0.0180. The van der Waals surface area contributed by atoms with Gasteiger partial charge in [-0.3, -0.25) is 9.59 Å². The van der Waals surface area contributed by atoms with Gasteiger partial charge in [-0.05, 0) is 68.4 Å². The van der Waals surface area contributed by atoms with E-state index < -0.39 is 6.04 Å². The number of nitrogens with zero attached hydrogens (tertiary/aromatic N) is 1. The first-order chi connectivity index (χ1) is 16.1. The zero-order chi connectivity index (χ0) is 23.2. The van der Waals surface area contributed by atoms with E-state index in [1.165, 1.54) is 0 Å². The zero-order valence-electron chi connectivity index (χ0n) is 19.8. The van der Waals surface area contributed by atoms with Gasteiger partial charge in [0.15, 0.2) is 0 Å². The number of amides is 2. The summed E-state index contributed by atoms with van der Waals surface area (Å²) in [7, 11) is 0. The Hall–Kier alpha value is -2.82. The highest BCUT2D eigenvalue weighted by Gasteiger charge is 2.41. The van der Waals surface area contributed by atoms with Crippen molar-refractivity contribution in [3.8, 4) is 11.5 Å². The van der Waals surface area contributed by atoms with Gasteiger partial charge in [-0.1, -0.05) is 57.0 Å². The van der Waals surface area contributed by atoms with Gasteiger partial charge >= 0.3 is 0 Å². The summed E-state index contributed by atoms with van der Waals surface area (Å²) >= 11 is 0. The van der Waals surface area contributed by atoms with Crippen LogP contribution in [0.5, 0.6) is 11.5 Å². The van der Waals surface area contributed by atoms with Crippen molar-refractivity contribution in [2.24, 2.45) is 5.92 Å². The highest BCUT2D eigenvalue weighted by molar-refractivity contribution is 5.89. The van der Waals surface area contributed by atoms with Crippen LogP contribution in [0.2, 0.25) is 0 Å². The molecule has 0 radical (unpaired) electrons. The maximum absolute atomic E-state index is 13.8. The predicted molar refractivity (Wildman–Crippen MR) is 130 cm³/mol. The molecule has 0 bridgehead atoms. The molecule has 0 aliphatic carbocycles. The highest BCUT2D eigenvalue weighted by atomic mass is 16.5. The highest BCUT2D eigenvalue weighted by Crippen LogP contribution is 2.41. The van der Waals surface area contributed by atoms with Crippen LogP contribution in [0.4, 0.5) is 0 Å². The lowest BCUT2D eigenvalue weighted by atomic mass is 9.97. The first kappa shape index (κ1) is 23.3. The van der Waals surface area contributed by atoms with Gasteiger partial charge in [-0.2, -0.15) is 0 Å². The minimum atomic E-state index is -0.426. The number of hydrogen-bond acceptors (Lipinski definition) is 3. The number of carbonyl (C=O) groups is 2. The number of para-hydroxylation sites is 1. The summed E-state index contributed by atoms with van der Waals surface area (Å²) in [5.41, 5.74) is 1.10. The van der Waals surface area contributed by atoms with Crippen LogP contribution in [0.1, 0.15) is 76.8 Å². The van der Waals surface area contributed by atoms with Crippen molar-refractivity contribution in [3.05, 3.63) is 60.2 Å². The SMILES string of the molecule is CCC(CC)C(=O)N[C@H]1CCCC[C@H]2CC[C@@H](c3cccc(Oc4ccccc4)c3)N2C1=O. The van der Waals surface area contributed by atoms with E-state index in [4.69, 9.17) is 4.74 Å². The molecule has 2 fully saturated rings. The van der Waals surface area contributed by atoms with E-state index in [0.29, 0.717) is 0 Å². The van der Waals surface area contributed by atoms with Crippen LogP contribution in [0, 0.1) is 5.92 Å². The van der Waals surface area contributed by atoms with Crippen molar-refractivity contribution < 1.29 is 14.3 Å². The quantitative estimate of drug-likeness (QED) is 0.565. The van der Waals surface area contributed by atoms with Crippen molar-refractivity contribution in [1.29, 1.82) is 0 Å². The van der Waals surface area contributed by atoms with Crippen LogP contribution in [0.3, 0.4) is 0 Å². The number of nitrogens with one attached hydrogen (secondary N) is 1. The maximum Gasteiger partial charge on any atom is 0.245 e. The van der Waals surface area contributed by atoms with Crippen LogP contribution >= 0.6 is 0 Å². The van der Waals surface area contributed by atoms with Gasteiger partial charge in [0.2, 0.25) is 11.8 Å². The minimum Gasteiger partial charge on any atom is -0.457 e. The molecular formula is C28H36N2O3. The fraction of sp³-hybridized carbons (Fsp3) is 0.500. The largest absolute Gasteiger partial charge is 0.457 e. The molecule has 33 heavy (non-hydrogen) atoms. The molecule has 4 rings (SSSR count). The van der Waals surface area contributed by atoms with E-state index in [-0.39, 0.29) is 29.8 Å². The predicted octanol–water partition coefficient (Wildman–Crippen LogP) is 6.01. The van der Waals surface area contributed by atoms with Crippen LogP contribution in [-0.4, -0.2) is 28.8 Å². The van der Waals surface area contributed by atoms with E-state index in [1.807, 2.05) is 56.3 Å². The number of ether oxygens (including phenoxy) is 1. The summed E-state index contributed by atoms with van der Waals surface area (Å²) in [6.07, 6.45) is 7.38. The van der Waals surface area contributed by atoms with Gasteiger partial charge in [0.1, 0.15) is 17.5 Å². The standard InChI is InChI=1S/C28H36N2O3/c1-3-20(4-2)27(31)29-25-16-9-8-12-22-17-18-26(30(22)28(25)32)21-11-10-15-24(19-21)33-23-13-6-5-7-14-23/h5-7,10-11,13-15,19-20,22,25-26H,3-4,8-9,12,16-18H2,1-2H3,(H,29,31)/t22-,25-,26-/m0/s1. The molecule has 176 valence electrons. The summed E-state index contributed by atoms with van der Waals surface area (Å²) in [4.78, 5) is 28.6. The van der Waals surface area contributed by atoms with Crippen LogP contribution in [0.25, 0.3) is 0 Å². The molecule has 2 aromatic carbocycles. The van der Waals surface area contributed by atoms with Gasteiger partial charge in [0.25, 0.3) is 0 Å². The molecule has 2 heterocycles. The van der Waals surface area contributed by atoms with E-state index in [2.05, 4.69) is 22.3 Å². The van der Waals surface area contributed by atoms with Crippen molar-refractivity contribution in [2.45, 2.75) is 83.3 Å². The average Bonchev–Trinajstić information content (AvgIpc) is 3.24. The molecule has 2 aliphatic heterocycles. The molecule has 0 unspecified atom stereocenters. The normalized spacial score (nSPS) is 23.1. The Kier molecular flexibility index (Phi) is 7.69. The third-order valence-electron chi connectivity index (χ3n) is 7.23. The summed E-state index contributed by atoms with van der Waals surface area (Å²) in [5, 5.41) is 3.11. The number of carbonyl (C=O) groups excluding carboxylic acids is 2. The van der Waals surface area contributed by atoms with Gasteiger partial charge < -0.3 is 15.0 Å². The lowest BCUT2D eigenvalue weighted by Gasteiger charge is -2.36. The lowest BCUT2D eigenvalue weighted by molar-refractivity contribution is -0.141. The Labute approximate surface area is 197 Å². The first-order valence-electron chi connectivity index (χ1n) is 12.6. The summed E-state index contributed by atoms with van der Waals surface area (Å²) in [6, 6.07) is 17.7. The molecule has 1 N–H and O–H groups in total. The smallest absolute Gasteiger partial charge is 0.245 e. The Morgan fingerprint density at radius 1 is 0.970 bits per heavy atom. The molecule has 2 saturated heterocycles. The summed E-state index contributed by atoms with van der Waals surface area (Å²) in [6.45, 7) is 4.06. The molecule has 0 aromatic heterocycles. The van der Waals surface area contributed by atoms with Crippen molar-refractivity contribution in [3.63, 3.8) is 0 Å². The second-order valence-electron chi connectivity index (χ2n) is 9.34. The van der Waals surface area contributed by atoms with Crippen LogP contribution in [-0.2, 0) is 9.59 Å². The van der Waals surface area contributed by atoms with E-state index in [0.717, 1.165) is 68.4 Å². The third-order valence-corrected chi connectivity index (χ3v) is 7.23. The fourth-order valence-electron chi connectivity index (χ4n) is 5.35. The van der Waals surface area contributed by atoms with Crippen molar-refractivity contribution in [1.82, 2.24) is 10.2 Å². The molecule has 5 heteroatoms. The van der Waals surface area contributed by atoms with E-state index in [9.17, 15) is 9.59 Å². The summed E-state index contributed by atoms with van der Waals surface area (Å²) < 4.78 is 6.05. The average molecular weight is 449 g/mol. The van der Waals surface area contributed by atoms with E-state index in [1.54, 1.807) is 0 Å². The molecule has 5 nitrogen and oxygen atoms in total. The van der Waals surface area contributed by atoms with Gasteiger partial charge in [0, 0.05) is 12.0 Å². The van der Waals surface area contributed by atoms with Crippen molar-refractivity contribution in [2.75, 3.05) is 0 Å². The summed E-state index contributed by atoms with van der Waals surface area (Å²) in [5.74, 6) is 1.64. The van der Waals surface area contributed by atoms with Crippen molar-refractivity contribution >= 4 is 11.8 Å². The number of benzene rings is 2.